The van der Waals surface area contributed by atoms with Crippen molar-refractivity contribution in [3.05, 3.63) is 52.4 Å². The van der Waals surface area contributed by atoms with Gasteiger partial charge < -0.3 is 15.1 Å². The molecule has 0 spiro atoms. The topological polar surface area (TPSA) is 54.3 Å². The van der Waals surface area contributed by atoms with Crippen LogP contribution in [0.5, 0.6) is 0 Å². The fourth-order valence-corrected chi connectivity index (χ4v) is 2.31. The Labute approximate surface area is 133 Å². The molecule has 0 saturated heterocycles. The van der Waals surface area contributed by atoms with Crippen LogP contribution in [0.4, 0.5) is 10.5 Å². The zero-order valence-electron chi connectivity index (χ0n) is 11.5. The van der Waals surface area contributed by atoms with Crippen LogP contribution in [0.2, 0.25) is 10.0 Å². The number of furan rings is 1. The maximum Gasteiger partial charge on any atom is 0.319 e. The highest BCUT2D eigenvalue weighted by atomic mass is 35.5. The predicted molar refractivity (Wildman–Crippen MR) is 85.1 cm³/mol. The maximum absolute atomic E-state index is 11.9. The molecule has 21 heavy (non-hydrogen) atoms. The lowest BCUT2D eigenvalue weighted by molar-refractivity contribution is 0.248. The number of hydrogen-bond donors (Lipinski definition) is 2. The molecule has 112 valence electrons. The summed E-state index contributed by atoms with van der Waals surface area (Å²) in [7, 11) is 0. The Balaban J connectivity index is 1.80. The minimum Gasteiger partial charge on any atom is -0.469 e. The van der Waals surface area contributed by atoms with Gasteiger partial charge in [0.05, 0.1) is 17.0 Å². The van der Waals surface area contributed by atoms with E-state index in [0.29, 0.717) is 15.7 Å². The Morgan fingerprint density at radius 1 is 1.33 bits per heavy atom. The van der Waals surface area contributed by atoms with Crippen molar-refractivity contribution in [2.24, 2.45) is 0 Å². The van der Waals surface area contributed by atoms with E-state index < -0.39 is 0 Å². The van der Waals surface area contributed by atoms with E-state index in [2.05, 4.69) is 10.6 Å². The molecule has 0 bridgehead atoms. The summed E-state index contributed by atoms with van der Waals surface area (Å²) in [5.74, 6) is 0.907. The summed E-state index contributed by atoms with van der Waals surface area (Å²) in [4.78, 5) is 11.9. The van der Waals surface area contributed by atoms with Gasteiger partial charge in [0.2, 0.25) is 0 Å². The summed E-state index contributed by atoms with van der Waals surface area (Å²) >= 11 is 11.8. The molecular weight excluding hydrogens is 311 g/mol. The first-order valence-corrected chi connectivity index (χ1v) is 7.35. The summed E-state index contributed by atoms with van der Waals surface area (Å²) < 4.78 is 5.25. The van der Waals surface area contributed by atoms with E-state index in [1.807, 2.05) is 19.1 Å². The number of aryl methyl sites for hydroxylation is 1. The van der Waals surface area contributed by atoms with Crippen LogP contribution in [0.3, 0.4) is 0 Å². The van der Waals surface area contributed by atoms with Crippen molar-refractivity contribution in [2.75, 3.05) is 5.32 Å². The van der Waals surface area contributed by atoms with Gasteiger partial charge in [0.15, 0.2) is 0 Å². The smallest absolute Gasteiger partial charge is 0.319 e. The monoisotopic (exact) mass is 326 g/mol. The average molecular weight is 327 g/mol. The Morgan fingerprint density at radius 2 is 2.14 bits per heavy atom. The quantitative estimate of drug-likeness (QED) is 0.834. The number of rotatable bonds is 5. The molecule has 0 radical (unpaired) electrons. The Hall–Kier alpha value is -1.65. The second-order valence-electron chi connectivity index (χ2n) is 4.74. The largest absolute Gasteiger partial charge is 0.469 e. The van der Waals surface area contributed by atoms with Crippen molar-refractivity contribution >= 4 is 34.9 Å². The van der Waals surface area contributed by atoms with Crippen LogP contribution in [0.1, 0.15) is 19.1 Å². The zero-order valence-corrected chi connectivity index (χ0v) is 13.0. The summed E-state index contributed by atoms with van der Waals surface area (Å²) in [5, 5.41) is 6.48. The lowest BCUT2D eigenvalue weighted by Crippen LogP contribution is -2.36. The molecule has 6 heteroatoms. The van der Waals surface area contributed by atoms with E-state index in [1.54, 1.807) is 24.5 Å². The Morgan fingerprint density at radius 3 is 2.81 bits per heavy atom. The van der Waals surface area contributed by atoms with Crippen LogP contribution in [-0.2, 0) is 6.42 Å². The number of benzene rings is 1. The van der Waals surface area contributed by atoms with Crippen molar-refractivity contribution in [3.8, 4) is 0 Å². The number of anilines is 1. The Bertz CT molecular complexity index is 600. The first-order chi connectivity index (χ1) is 10.0. The normalized spacial score (nSPS) is 12.0. The molecule has 0 fully saturated rings. The standard InChI is InChI=1S/C15H16Cl2N2O2/c1-10(4-6-12-3-2-8-21-12)18-15(20)19-14-7-5-11(16)9-13(14)17/h2-3,5,7-10H,4,6H2,1H3,(H2,18,19,20). The van der Waals surface area contributed by atoms with Gasteiger partial charge in [-0.1, -0.05) is 23.2 Å². The van der Waals surface area contributed by atoms with Crippen molar-refractivity contribution in [1.29, 1.82) is 0 Å². The molecular formula is C15H16Cl2N2O2. The van der Waals surface area contributed by atoms with E-state index >= 15 is 0 Å². The lowest BCUT2D eigenvalue weighted by atomic mass is 10.1. The number of hydrogen-bond acceptors (Lipinski definition) is 2. The molecule has 0 aliphatic carbocycles. The highest BCUT2D eigenvalue weighted by Crippen LogP contribution is 2.25. The lowest BCUT2D eigenvalue weighted by Gasteiger charge is -2.14. The third kappa shape index (κ3) is 4.99. The van der Waals surface area contributed by atoms with Gasteiger partial charge >= 0.3 is 6.03 Å². The summed E-state index contributed by atoms with van der Waals surface area (Å²) in [6.07, 6.45) is 3.20. The number of carbonyl (C=O) groups is 1. The molecule has 1 heterocycles. The summed E-state index contributed by atoms with van der Waals surface area (Å²) in [6.45, 7) is 1.94. The van der Waals surface area contributed by atoms with Gasteiger partial charge in [-0.25, -0.2) is 4.79 Å². The van der Waals surface area contributed by atoms with Crippen LogP contribution in [0.25, 0.3) is 0 Å². The number of amides is 2. The molecule has 0 aliphatic heterocycles. The van der Waals surface area contributed by atoms with E-state index in [0.717, 1.165) is 18.6 Å². The minimum atomic E-state index is -0.300. The number of halogens is 2. The van der Waals surface area contributed by atoms with E-state index in [-0.39, 0.29) is 12.1 Å². The fourth-order valence-electron chi connectivity index (χ4n) is 1.86. The maximum atomic E-state index is 11.9. The predicted octanol–water partition coefficient (Wildman–Crippen LogP) is 4.73. The molecule has 1 unspecified atom stereocenters. The van der Waals surface area contributed by atoms with E-state index in [9.17, 15) is 4.79 Å². The van der Waals surface area contributed by atoms with E-state index in [1.165, 1.54) is 0 Å². The van der Waals surface area contributed by atoms with Gasteiger partial charge in [-0.05, 0) is 43.7 Å². The summed E-state index contributed by atoms with van der Waals surface area (Å²) in [6, 6.07) is 8.40. The zero-order chi connectivity index (χ0) is 15.2. The number of urea groups is 1. The van der Waals surface area contributed by atoms with Gasteiger partial charge in [0.25, 0.3) is 0 Å². The van der Waals surface area contributed by atoms with Gasteiger partial charge in [0, 0.05) is 17.5 Å². The number of carbonyl (C=O) groups excluding carboxylic acids is 1. The minimum absolute atomic E-state index is 0.0150. The first kappa shape index (κ1) is 15.7. The third-order valence-electron chi connectivity index (χ3n) is 2.96. The summed E-state index contributed by atoms with van der Waals surface area (Å²) in [5.41, 5.74) is 0.525. The van der Waals surface area contributed by atoms with Crippen molar-refractivity contribution in [2.45, 2.75) is 25.8 Å². The molecule has 2 N–H and O–H groups in total. The number of nitrogens with one attached hydrogen (secondary N) is 2. The average Bonchev–Trinajstić information content (AvgIpc) is 2.93. The molecule has 2 aromatic rings. The highest BCUT2D eigenvalue weighted by molar-refractivity contribution is 6.36. The molecule has 4 nitrogen and oxygen atoms in total. The Kier molecular flexibility index (Phi) is 5.53. The van der Waals surface area contributed by atoms with Crippen molar-refractivity contribution < 1.29 is 9.21 Å². The van der Waals surface area contributed by atoms with E-state index in [4.69, 9.17) is 27.6 Å². The van der Waals surface area contributed by atoms with Crippen molar-refractivity contribution in [1.82, 2.24) is 5.32 Å². The molecule has 0 saturated carbocycles. The molecule has 1 aromatic carbocycles. The first-order valence-electron chi connectivity index (χ1n) is 6.59. The van der Waals surface area contributed by atoms with Gasteiger partial charge in [-0.2, -0.15) is 0 Å². The SMILES string of the molecule is CC(CCc1ccco1)NC(=O)Nc1ccc(Cl)cc1Cl. The second-order valence-corrected chi connectivity index (χ2v) is 5.59. The molecule has 0 aliphatic rings. The molecule has 1 aromatic heterocycles. The van der Waals surface area contributed by atoms with Gasteiger partial charge in [0.1, 0.15) is 5.76 Å². The molecule has 1 atom stereocenters. The van der Waals surface area contributed by atoms with Crippen LogP contribution in [0, 0.1) is 0 Å². The van der Waals surface area contributed by atoms with Crippen LogP contribution < -0.4 is 10.6 Å². The molecule has 2 amide bonds. The fraction of sp³-hybridized carbons (Fsp3) is 0.267. The van der Waals surface area contributed by atoms with Crippen LogP contribution >= 0.6 is 23.2 Å². The van der Waals surface area contributed by atoms with Gasteiger partial charge in [-0.15, -0.1) is 0 Å². The molecule has 2 rings (SSSR count). The second kappa shape index (κ2) is 7.38. The third-order valence-corrected chi connectivity index (χ3v) is 3.51. The van der Waals surface area contributed by atoms with Crippen molar-refractivity contribution in [3.63, 3.8) is 0 Å². The van der Waals surface area contributed by atoms with Gasteiger partial charge in [-0.3, -0.25) is 0 Å². The van der Waals surface area contributed by atoms with Crippen LogP contribution in [-0.4, -0.2) is 12.1 Å². The van der Waals surface area contributed by atoms with Crippen LogP contribution in [0.15, 0.2) is 41.0 Å². The highest BCUT2D eigenvalue weighted by Gasteiger charge is 2.10.